The summed E-state index contributed by atoms with van der Waals surface area (Å²) in [7, 11) is 1.42. The normalized spacial score (nSPS) is 10.3. The number of para-hydroxylation sites is 1. The summed E-state index contributed by atoms with van der Waals surface area (Å²) < 4.78 is 27.5. The van der Waals surface area contributed by atoms with E-state index in [0.717, 1.165) is 12.1 Å². The molecular formula is C16H16F2N2O. The summed E-state index contributed by atoms with van der Waals surface area (Å²) in [4.78, 5) is 13.9. The van der Waals surface area contributed by atoms with Gasteiger partial charge in [0.25, 0.3) is 5.91 Å². The zero-order valence-electron chi connectivity index (χ0n) is 11.9. The van der Waals surface area contributed by atoms with E-state index in [2.05, 4.69) is 5.32 Å². The molecule has 1 N–H and O–H groups in total. The molecule has 0 radical (unpaired) electrons. The maximum absolute atomic E-state index is 13.8. The van der Waals surface area contributed by atoms with E-state index in [9.17, 15) is 13.6 Å². The van der Waals surface area contributed by atoms with Crippen molar-refractivity contribution < 1.29 is 13.6 Å². The van der Waals surface area contributed by atoms with Gasteiger partial charge in [-0.05, 0) is 31.2 Å². The van der Waals surface area contributed by atoms with Crippen LogP contribution >= 0.6 is 0 Å². The lowest BCUT2D eigenvalue weighted by atomic mass is 10.1. The lowest BCUT2D eigenvalue weighted by Crippen LogP contribution is -2.30. The summed E-state index contributed by atoms with van der Waals surface area (Å²) in [6.07, 6.45) is 0. The molecule has 0 aliphatic carbocycles. The van der Waals surface area contributed by atoms with Crippen LogP contribution < -0.4 is 10.2 Å². The highest BCUT2D eigenvalue weighted by Crippen LogP contribution is 2.23. The van der Waals surface area contributed by atoms with Crippen molar-refractivity contribution >= 4 is 17.3 Å². The number of carbonyl (C=O) groups excluding carboxylic acids is 1. The van der Waals surface area contributed by atoms with Crippen molar-refractivity contribution in [3.05, 3.63) is 59.7 Å². The number of nitrogens with one attached hydrogen (secondary N) is 1. The fraction of sp³-hybridized carbons (Fsp3) is 0.188. The predicted molar refractivity (Wildman–Crippen MR) is 79.7 cm³/mol. The monoisotopic (exact) mass is 290 g/mol. The van der Waals surface area contributed by atoms with E-state index in [1.54, 1.807) is 31.2 Å². The molecule has 21 heavy (non-hydrogen) atoms. The van der Waals surface area contributed by atoms with Gasteiger partial charge in [-0.2, -0.15) is 0 Å². The molecule has 0 saturated carbocycles. The van der Waals surface area contributed by atoms with Gasteiger partial charge in [0, 0.05) is 24.8 Å². The topological polar surface area (TPSA) is 32.3 Å². The number of amides is 1. The molecule has 0 aliphatic heterocycles. The van der Waals surface area contributed by atoms with E-state index in [1.807, 2.05) is 6.07 Å². The van der Waals surface area contributed by atoms with E-state index < -0.39 is 17.5 Å². The number of nitrogens with zero attached hydrogens (tertiary/aromatic N) is 1. The number of halogens is 2. The Balaban J connectivity index is 2.39. The van der Waals surface area contributed by atoms with E-state index in [-0.39, 0.29) is 11.3 Å². The smallest absolute Gasteiger partial charge is 0.258 e. The Morgan fingerprint density at radius 3 is 2.19 bits per heavy atom. The van der Waals surface area contributed by atoms with E-state index in [0.29, 0.717) is 12.2 Å². The van der Waals surface area contributed by atoms with Crippen LogP contribution in [0.25, 0.3) is 0 Å². The Labute approximate surface area is 122 Å². The first-order valence-corrected chi connectivity index (χ1v) is 6.62. The average molecular weight is 290 g/mol. The first kappa shape index (κ1) is 15.0. The van der Waals surface area contributed by atoms with Gasteiger partial charge in [-0.1, -0.05) is 18.2 Å². The summed E-state index contributed by atoms with van der Waals surface area (Å²) in [5.41, 5.74) is 0.424. The third kappa shape index (κ3) is 3.02. The van der Waals surface area contributed by atoms with Crippen molar-refractivity contribution in [3.8, 4) is 0 Å². The van der Waals surface area contributed by atoms with Gasteiger partial charge >= 0.3 is 0 Å². The van der Waals surface area contributed by atoms with Crippen LogP contribution in [0.5, 0.6) is 0 Å². The van der Waals surface area contributed by atoms with Crippen LogP contribution in [0, 0.1) is 11.6 Å². The van der Waals surface area contributed by atoms with Crippen molar-refractivity contribution in [2.24, 2.45) is 0 Å². The van der Waals surface area contributed by atoms with Crippen LogP contribution in [0.2, 0.25) is 0 Å². The second-order valence-corrected chi connectivity index (χ2v) is 4.45. The minimum Gasteiger partial charge on any atom is -0.383 e. The molecule has 2 rings (SSSR count). The number of hydrogen-bond donors (Lipinski definition) is 1. The minimum absolute atomic E-state index is 0.0188. The third-order valence-electron chi connectivity index (χ3n) is 3.17. The summed E-state index contributed by atoms with van der Waals surface area (Å²) in [6, 6.07) is 11.1. The van der Waals surface area contributed by atoms with E-state index >= 15 is 0 Å². The maximum atomic E-state index is 13.8. The van der Waals surface area contributed by atoms with Gasteiger partial charge in [-0.3, -0.25) is 4.79 Å². The second kappa shape index (κ2) is 6.35. The fourth-order valence-electron chi connectivity index (χ4n) is 2.14. The Morgan fingerprint density at radius 2 is 1.71 bits per heavy atom. The SMILES string of the molecule is CCN(C(=O)c1cc(F)c(NC)c(F)c1)c1ccccc1. The van der Waals surface area contributed by atoms with Crippen LogP contribution in [0.4, 0.5) is 20.2 Å². The van der Waals surface area contributed by atoms with Crippen LogP contribution in [-0.4, -0.2) is 19.5 Å². The maximum Gasteiger partial charge on any atom is 0.258 e. The molecule has 0 aliphatic rings. The lowest BCUT2D eigenvalue weighted by Gasteiger charge is -2.21. The highest BCUT2D eigenvalue weighted by atomic mass is 19.1. The molecular weight excluding hydrogens is 274 g/mol. The number of anilines is 2. The molecule has 110 valence electrons. The summed E-state index contributed by atoms with van der Waals surface area (Å²) in [5, 5.41) is 2.43. The number of carbonyl (C=O) groups is 1. The number of hydrogen-bond acceptors (Lipinski definition) is 2. The zero-order valence-corrected chi connectivity index (χ0v) is 11.9. The van der Waals surface area contributed by atoms with Crippen molar-refractivity contribution in [1.82, 2.24) is 0 Å². The molecule has 0 fully saturated rings. The Kier molecular flexibility index (Phi) is 4.52. The predicted octanol–water partition coefficient (Wildman–Crippen LogP) is 3.67. The molecule has 2 aromatic rings. The van der Waals surface area contributed by atoms with Crippen molar-refractivity contribution in [2.75, 3.05) is 23.8 Å². The zero-order chi connectivity index (χ0) is 15.4. The molecule has 0 unspecified atom stereocenters. The fourth-order valence-corrected chi connectivity index (χ4v) is 2.14. The molecule has 0 aromatic heterocycles. The van der Waals surface area contributed by atoms with Crippen molar-refractivity contribution in [1.29, 1.82) is 0 Å². The quantitative estimate of drug-likeness (QED) is 0.931. The van der Waals surface area contributed by atoms with E-state index in [1.165, 1.54) is 11.9 Å². The van der Waals surface area contributed by atoms with Gasteiger partial charge in [0.1, 0.15) is 17.3 Å². The molecule has 0 spiro atoms. The highest BCUT2D eigenvalue weighted by Gasteiger charge is 2.19. The van der Waals surface area contributed by atoms with Crippen LogP contribution in [0.1, 0.15) is 17.3 Å². The second-order valence-electron chi connectivity index (χ2n) is 4.45. The number of benzene rings is 2. The third-order valence-corrected chi connectivity index (χ3v) is 3.17. The van der Waals surface area contributed by atoms with Crippen LogP contribution in [0.3, 0.4) is 0 Å². The lowest BCUT2D eigenvalue weighted by molar-refractivity contribution is 0.0987. The largest absolute Gasteiger partial charge is 0.383 e. The summed E-state index contributed by atoms with van der Waals surface area (Å²) >= 11 is 0. The van der Waals surface area contributed by atoms with Crippen LogP contribution in [0.15, 0.2) is 42.5 Å². The molecule has 2 aromatic carbocycles. The van der Waals surface area contributed by atoms with Gasteiger partial charge in [0.05, 0.1) is 0 Å². The molecule has 3 nitrogen and oxygen atoms in total. The Hall–Kier alpha value is -2.43. The molecule has 0 atom stereocenters. The Morgan fingerprint density at radius 1 is 1.14 bits per heavy atom. The summed E-state index contributed by atoms with van der Waals surface area (Å²) in [5.74, 6) is -2.01. The van der Waals surface area contributed by atoms with Gasteiger partial charge in [0.2, 0.25) is 0 Å². The van der Waals surface area contributed by atoms with Crippen molar-refractivity contribution in [3.63, 3.8) is 0 Å². The minimum atomic E-state index is -0.787. The molecule has 5 heteroatoms. The Bertz CT molecular complexity index is 621. The van der Waals surface area contributed by atoms with Gasteiger partial charge in [-0.15, -0.1) is 0 Å². The van der Waals surface area contributed by atoms with Gasteiger partial charge in [0.15, 0.2) is 0 Å². The number of rotatable bonds is 4. The molecule has 1 amide bonds. The molecule has 0 heterocycles. The van der Waals surface area contributed by atoms with Crippen LogP contribution in [-0.2, 0) is 0 Å². The van der Waals surface area contributed by atoms with Gasteiger partial charge in [-0.25, -0.2) is 8.78 Å². The first-order valence-electron chi connectivity index (χ1n) is 6.62. The standard InChI is InChI=1S/C16H16F2N2O/c1-3-20(12-7-5-4-6-8-12)16(21)11-9-13(17)15(19-2)14(18)10-11/h4-10,19H,3H2,1-2H3. The molecule has 0 bridgehead atoms. The average Bonchev–Trinajstić information content (AvgIpc) is 2.48. The molecule has 0 saturated heterocycles. The van der Waals surface area contributed by atoms with E-state index in [4.69, 9.17) is 0 Å². The van der Waals surface area contributed by atoms with Gasteiger partial charge < -0.3 is 10.2 Å². The summed E-state index contributed by atoms with van der Waals surface area (Å²) in [6.45, 7) is 2.21. The highest BCUT2D eigenvalue weighted by molar-refractivity contribution is 6.06. The first-order chi connectivity index (χ1) is 10.1. The van der Waals surface area contributed by atoms with Crippen molar-refractivity contribution in [2.45, 2.75) is 6.92 Å².